The smallest absolute Gasteiger partial charge is 0.263 e. The Balaban J connectivity index is 1.34. The van der Waals surface area contributed by atoms with Gasteiger partial charge in [-0.3, -0.25) is 24.2 Å². The van der Waals surface area contributed by atoms with E-state index < -0.39 is 16.1 Å². The first-order chi connectivity index (χ1) is 13.8. The van der Waals surface area contributed by atoms with E-state index in [4.69, 9.17) is 0 Å². The number of rotatable bonds is 5. The van der Waals surface area contributed by atoms with E-state index >= 15 is 0 Å². The quantitative estimate of drug-likeness (QED) is 0.671. The number of aliphatic imine (C=N–C) groups is 1. The summed E-state index contributed by atoms with van der Waals surface area (Å²) < 4.78 is 26.8. The number of sulfonamides is 1. The lowest BCUT2D eigenvalue weighted by Crippen LogP contribution is -2.53. The minimum absolute atomic E-state index is 0.0410. The number of nitrogens with one attached hydrogen (secondary N) is 2. The molecule has 1 aliphatic carbocycles. The van der Waals surface area contributed by atoms with E-state index in [1.165, 1.54) is 6.07 Å². The van der Waals surface area contributed by atoms with Crippen molar-refractivity contribution in [2.45, 2.75) is 36.7 Å². The van der Waals surface area contributed by atoms with Crippen LogP contribution in [0.2, 0.25) is 0 Å². The molecule has 1 aromatic carbocycles. The Kier molecular flexibility index (Phi) is 5.30. The summed E-state index contributed by atoms with van der Waals surface area (Å²) in [7, 11) is -3.62. The van der Waals surface area contributed by atoms with Crippen molar-refractivity contribution in [1.29, 1.82) is 0 Å². The number of nitrogens with zero attached hydrogens (tertiary/aromatic N) is 3. The molecule has 1 atom stereocenters. The van der Waals surface area contributed by atoms with E-state index in [0.29, 0.717) is 44.3 Å². The molecule has 1 saturated carbocycles. The van der Waals surface area contributed by atoms with Crippen LogP contribution in [0.5, 0.6) is 0 Å². The lowest BCUT2D eigenvalue weighted by atomic mass is 10.2. The topological polar surface area (TPSA) is 111 Å². The Morgan fingerprint density at radius 3 is 2.59 bits per heavy atom. The van der Waals surface area contributed by atoms with Crippen LogP contribution in [-0.2, 0) is 19.6 Å². The Hall–Kier alpha value is -2.46. The molecule has 2 amide bonds. The van der Waals surface area contributed by atoms with Gasteiger partial charge in [0.05, 0.1) is 11.4 Å². The van der Waals surface area contributed by atoms with E-state index in [1.807, 2.05) is 4.90 Å². The summed E-state index contributed by atoms with van der Waals surface area (Å²) in [5.74, 6) is 0.0965. The minimum Gasteiger partial charge on any atom is -0.352 e. The molecule has 0 spiro atoms. The van der Waals surface area contributed by atoms with Gasteiger partial charge in [-0.25, -0.2) is 8.42 Å². The third kappa shape index (κ3) is 4.43. The third-order valence-corrected chi connectivity index (χ3v) is 6.73. The fraction of sp³-hybridized carbons (Fsp3) is 0.526. The molecule has 1 aromatic rings. The van der Waals surface area contributed by atoms with Crippen molar-refractivity contribution in [2.24, 2.45) is 4.99 Å². The second-order valence-corrected chi connectivity index (χ2v) is 9.35. The van der Waals surface area contributed by atoms with Gasteiger partial charge < -0.3 is 10.2 Å². The highest BCUT2D eigenvalue weighted by Crippen LogP contribution is 2.23. The van der Waals surface area contributed by atoms with Crippen molar-refractivity contribution in [1.82, 2.24) is 19.8 Å². The molecule has 0 radical (unpaired) electrons. The van der Waals surface area contributed by atoms with Crippen molar-refractivity contribution in [2.75, 3.05) is 32.7 Å². The predicted molar refractivity (Wildman–Crippen MR) is 107 cm³/mol. The number of carbonyl (C=O) groups excluding carboxylic acids is 2. The first-order valence-corrected chi connectivity index (χ1v) is 11.3. The number of amides is 2. The third-order valence-electron chi connectivity index (χ3n) is 5.34. The Bertz CT molecular complexity index is 949. The fourth-order valence-electron chi connectivity index (χ4n) is 3.57. The molecule has 10 heteroatoms. The zero-order valence-electron chi connectivity index (χ0n) is 16.3. The number of hydrogen-bond donors (Lipinski definition) is 2. The van der Waals surface area contributed by atoms with Gasteiger partial charge >= 0.3 is 0 Å². The van der Waals surface area contributed by atoms with Gasteiger partial charge in [0.15, 0.2) is 0 Å². The zero-order chi connectivity index (χ0) is 20.6. The van der Waals surface area contributed by atoms with Crippen LogP contribution in [0.4, 0.5) is 0 Å². The number of hydrogen-bond acceptors (Lipinski definition) is 6. The molecular weight excluding hydrogens is 394 g/mol. The van der Waals surface area contributed by atoms with Crippen molar-refractivity contribution >= 4 is 27.7 Å². The van der Waals surface area contributed by atoms with Crippen LogP contribution in [0.15, 0.2) is 34.2 Å². The molecule has 2 heterocycles. The molecule has 2 aliphatic heterocycles. The van der Waals surface area contributed by atoms with Crippen molar-refractivity contribution in [3.8, 4) is 0 Å². The molecule has 3 aliphatic rings. The van der Waals surface area contributed by atoms with Gasteiger partial charge in [-0.2, -0.15) is 0 Å². The average molecular weight is 420 g/mol. The van der Waals surface area contributed by atoms with Gasteiger partial charge in [0, 0.05) is 37.8 Å². The van der Waals surface area contributed by atoms with Gasteiger partial charge in [-0.1, -0.05) is 12.1 Å². The first kappa shape index (κ1) is 19.8. The summed E-state index contributed by atoms with van der Waals surface area (Å²) in [5.41, 5.74) is 0.485. The minimum atomic E-state index is -3.62. The van der Waals surface area contributed by atoms with Crippen LogP contribution in [0, 0.1) is 0 Å². The van der Waals surface area contributed by atoms with Crippen molar-refractivity contribution in [3.63, 3.8) is 0 Å². The summed E-state index contributed by atoms with van der Waals surface area (Å²) in [6.07, 6.45) is 2.13. The number of carbonyl (C=O) groups is 2. The summed E-state index contributed by atoms with van der Waals surface area (Å²) in [6, 6.07) is 6.23. The molecule has 0 aromatic heterocycles. The monoisotopic (exact) mass is 419 g/mol. The molecule has 0 bridgehead atoms. The molecule has 29 heavy (non-hydrogen) atoms. The molecule has 4 rings (SSSR count). The highest BCUT2D eigenvalue weighted by atomic mass is 32.2. The number of piperazine rings is 1. The molecule has 0 unspecified atom stereocenters. The fourth-order valence-corrected chi connectivity index (χ4v) is 4.81. The number of fused-ring (bicyclic) bond motifs is 1. The van der Waals surface area contributed by atoms with Crippen LogP contribution in [0.3, 0.4) is 0 Å². The van der Waals surface area contributed by atoms with Crippen LogP contribution >= 0.6 is 0 Å². The predicted octanol–water partition coefficient (Wildman–Crippen LogP) is -0.464. The van der Waals surface area contributed by atoms with E-state index in [2.05, 4.69) is 15.0 Å². The standard InChI is InChI=1S/C19H25N5O4S/c1-13(20-18-15-4-2-3-5-16(15)29(27,28)22-18)19(26)24-10-8-23(9-11-24)12-17(25)21-14-6-7-14/h2-5,13-14H,6-12H2,1H3,(H,20,22)(H,21,25)/t13-/m0/s1. The number of amidine groups is 1. The van der Waals surface area contributed by atoms with Gasteiger partial charge in [-0.05, 0) is 31.9 Å². The second-order valence-electron chi connectivity index (χ2n) is 7.70. The maximum Gasteiger partial charge on any atom is 0.263 e. The summed E-state index contributed by atoms with van der Waals surface area (Å²) in [4.78, 5) is 33.0. The van der Waals surface area contributed by atoms with Crippen molar-refractivity contribution in [3.05, 3.63) is 29.8 Å². The Morgan fingerprint density at radius 1 is 1.21 bits per heavy atom. The van der Waals surface area contributed by atoms with Crippen LogP contribution in [0.25, 0.3) is 0 Å². The first-order valence-electron chi connectivity index (χ1n) is 9.84. The summed E-state index contributed by atoms with van der Waals surface area (Å²) in [5, 5.41) is 2.97. The maximum absolute atomic E-state index is 12.8. The highest BCUT2D eigenvalue weighted by Gasteiger charge is 2.32. The van der Waals surface area contributed by atoms with Gasteiger partial charge in [0.1, 0.15) is 11.9 Å². The summed E-state index contributed by atoms with van der Waals surface area (Å²) in [6.45, 7) is 4.32. The molecule has 2 fully saturated rings. The lowest BCUT2D eigenvalue weighted by Gasteiger charge is -2.35. The van der Waals surface area contributed by atoms with Crippen LogP contribution in [-0.4, -0.2) is 80.7 Å². The molecule has 2 N–H and O–H groups in total. The van der Waals surface area contributed by atoms with Gasteiger partial charge in [0.25, 0.3) is 10.0 Å². The highest BCUT2D eigenvalue weighted by molar-refractivity contribution is 7.90. The zero-order valence-corrected chi connectivity index (χ0v) is 17.1. The SMILES string of the molecule is C[C@H](N=C1NS(=O)(=O)c2ccccc21)C(=O)N1CCN(CC(=O)NC2CC2)CC1. The van der Waals surface area contributed by atoms with E-state index in [9.17, 15) is 18.0 Å². The Morgan fingerprint density at radius 2 is 1.90 bits per heavy atom. The van der Waals surface area contributed by atoms with E-state index in [-0.39, 0.29) is 22.5 Å². The average Bonchev–Trinajstić information content (AvgIpc) is 3.46. The molecular formula is C19H25N5O4S. The normalized spacial score (nSPS) is 23.3. The summed E-state index contributed by atoms with van der Waals surface area (Å²) >= 11 is 0. The van der Waals surface area contributed by atoms with Crippen molar-refractivity contribution < 1.29 is 18.0 Å². The van der Waals surface area contributed by atoms with Gasteiger partial charge in [0.2, 0.25) is 11.8 Å². The van der Waals surface area contributed by atoms with E-state index in [0.717, 1.165) is 12.8 Å². The van der Waals surface area contributed by atoms with Crippen LogP contribution < -0.4 is 10.0 Å². The maximum atomic E-state index is 12.8. The van der Waals surface area contributed by atoms with Crippen LogP contribution in [0.1, 0.15) is 25.3 Å². The largest absolute Gasteiger partial charge is 0.352 e. The molecule has 1 saturated heterocycles. The molecule has 9 nitrogen and oxygen atoms in total. The van der Waals surface area contributed by atoms with E-state index in [1.54, 1.807) is 30.0 Å². The second kappa shape index (κ2) is 7.75. The lowest BCUT2D eigenvalue weighted by molar-refractivity contribution is -0.134. The molecule has 156 valence electrons. The Labute approximate surface area is 170 Å². The number of benzene rings is 1. The van der Waals surface area contributed by atoms with Gasteiger partial charge in [-0.15, -0.1) is 0 Å².